The molecule has 2 heterocycles. The molecule has 0 atom stereocenters. The minimum absolute atomic E-state index is 0.405. The Hall–Kier alpha value is -2.66. The summed E-state index contributed by atoms with van der Waals surface area (Å²) in [7, 11) is 0. The number of aromatic nitrogens is 3. The fourth-order valence-electron chi connectivity index (χ4n) is 2.05. The molecule has 3 rings (SSSR count). The Kier molecular flexibility index (Phi) is 4.68. The summed E-state index contributed by atoms with van der Waals surface area (Å²) in [6.07, 6.45) is 1.75. The maximum Gasteiger partial charge on any atom is 0.135 e. The summed E-state index contributed by atoms with van der Waals surface area (Å²) in [6, 6.07) is 15.0. The molecule has 0 unspecified atom stereocenters. The molecule has 0 fully saturated rings. The summed E-state index contributed by atoms with van der Waals surface area (Å²) in [4.78, 5) is 12.6. The summed E-state index contributed by atoms with van der Waals surface area (Å²) in [5.74, 6) is 2.00. The van der Waals surface area contributed by atoms with E-state index in [1.807, 2.05) is 42.5 Å². The molecule has 116 valence electrons. The Bertz CT molecular complexity index is 775. The SMILES string of the molecule is Cc1nc(Cl)cc(Nc2cccc(OCc3ccccn3)c2)n1. The molecule has 0 radical (unpaired) electrons. The molecular weight excluding hydrogens is 312 g/mol. The maximum absolute atomic E-state index is 5.94. The van der Waals surface area contributed by atoms with Crippen molar-refractivity contribution in [1.29, 1.82) is 0 Å². The lowest BCUT2D eigenvalue weighted by molar-refractivity contribution is 0.301. The number of benzene rings is 1. The van der Waals surface area contributed by atoms with Crippen LogP contribution in [-0.2, 0) is 6.61 Å². The van der Waals surface area contributed by atoms with Crippen LogP contribution in [0.25, 0.3) is 0 Å². The zero-order valence-electron chi connectivity index (χ0n) is 12.5. The average molecular weight is 327 g/mol. The van der Waals surface area contributed by atoms with Gasteiger partial charge in [0.25, 0.3) is 0 Å². The van der Waals surface area contributed by atoms with E-state index >= 15 is 0 Å². The van der Waals surface area contributed by atoms with Crippen LogP contribution < -0.4 is 10.1 Å². The Labute approximate surface area is 139 Å². The smallest absolute Gasteiger partial charge is 0.135 e. The summed E-state index contributed by atoms with van der Waals surface area (Å²) >= 11 is 5.94. The molecule has 0 saturated heterocycles. The fourth-order valence-corrected chi connectivity index (χ4v) is 2.27. The first kappa shape index (κ1) is 15.2. The Balaban J connectivity index is 1.69. The highest BCUT2D eigenvalue weighted by Gasteiger charge is 2.03. The number of pyridine rings is 1. The first-order chi connectivity index (χ1) is 11.2. The third-order valence-electron chi connectivity index (χ3n) is 3.03. The molecule has 1 N–H and O–H groups in total. The number of ether oxygens (including phenoxy) is 1. The number of aryl methyl sites for hydroxylation is 1. The Morgan fingerprint density at radius 1 is 1.09 bits per heavy atom. The topological polar surface area (TPSA) is 59.9 Å². The number of hydrogen-bond acceptors (Lipinski definition) is 5. The van der Waals surface area contributed by atoms with Gasteiger partial charge in [0.1, 0.15) is 29.2 Å². The fraction of sp³-hybridized carbons (Fsp3) is 0.118. The van der Waals surface area contributed by atoms with Gasteiger partial charge >= 0.3 is 0 Å². The Morgan fingerprint density at radius 3 is 2.78 bits per heavy atom. The molecule has 2 aromatic heterocycles. The summed E-state index contributed by atoms with van der Waals surface area (Å²) < 4.78 is 5.76. The van der Waals surface area contributed by atoms with Gasteiger partial charge in [0.15, 0.2) is 0 Å². The molecule has 0 amide bonds. The van der Waals surface area contributed by atoms with Gasteiger partial charge in [0.2, 0.25) is 0 Å². The van der Waals surface area contributed by atoms with E-state index in [4.69, 9.17) is 16.3 Å². The van der Waals surface area contributed by atoms with Crippen molar-refractivity contribution in [2.45, 2.75) is 13.5 Å². The molecule has 23 heavy (non-hydrogen) atoms. The molecule has 5 nitrogen and oxygen atoms in total. The van der Waals surface area contributed by atoms with Crippen molar-refractivity contribution in [2.75, 3.05) is 5.32 Å². The van der Waals surface area contributed by atoms with Crippen molar-refractivity contribution < 1.29 is 4.74 Å². The monoisotopic (exact) mass is 326 g/mol. The maximum atomic E-state index is 5.94. The minimum Gasteiger partial charge on any atom is -0.487 e. The highest BCUT2D eigenvalue weighted by molar-refractivity contribution is 6.29. The zero-order valence-corrected chi connectivity index (χ0v) is 13.3. The van der Waals surface area contributed by atoms with Gasteiger partial charge in [-0.2, -0.15) is 0 Å². The van der Waals surface area contributed by atoms with Gasteiger partial charge in [-0.25, -0.2) is 9.97 Å². The second-order valence-electron chi connectivity index (χ2n) is 4.89. The quantitative estimate of drug-likeness (QED) is 0.713. The van der Waals surface area contributed by atoms with Crippen LogP contribution >= 0.6 is 11.6 Å². The summed E-state index contributed by atoms with van der Waals surface area (Å²) in [6.45, 7) is 2.21. The molecule has 1 aromatic carbocycles. The molecular formula is C17H15ClN4O. The van der Waals surface area contributed by atoms with E-state index in [2.05, 4.69) is 20.3 Å². The third-order valence-corrected chi connectivity index (χ3v) is 3.22. The van der Waals surface area contributed by atoms with Gasteiger partial charge in [-0.1, -0.05) is 23.7 Å². The van der Waals surface area contributed by atoms with Gasteiger partial charge in [0.05, 0.1) is 5.69 Å². The number of halogens is 1. The van der Waals surface area contributed by atoms with E-state index < -0.39 is 0 Å². The molecule has 0 aliphatic carbocycles. The lowest BCUT2D eigenvalue weighted by Gasteiger charge is -2.10. The van der Waals surface area contributed by atoms with Crippen LogP contribution in [0.5, 0.6) is 5.75 Å². The number of hydrogen-bond donors (Lipinski definition) is 1. The van der Waals surface area contributed by atoms with Crippen molar-refractivity contribution >= 4 is 23.1 Å². The molecule has 0 spiro atoms. The van der Waals surface area contributed by atoms with Crippen molar-refractivity contribution in [3.63, 3.8) is 0 Å². The van der Waals surface area contributed by atoms with Gasteiger partial charge in [-0.15, -0.1) is 0 Å². The van der Waals surface area contributed by atoms with Crippen LogP contribution in [0.3, 0.4) is 0 Å². The van der Waals surface area contributed by atoms with E-state index in [0.29, 0.717) is 23.4 Å². The number of nitrogens with one attached hydrogen (secondary N) is 1. The van der Waals surface area contributed by atoms with Crippen LogP contribution in [0.2, 0.25) is 5.15 Å². The number of anilines is 2. The Morgan fingerprint density at radius 2 is 2.00 bits per heavy atom. The standard InChI is InChI=1S/C17H15ClN4O/c1-12-20-16(18)10-17(21-12)22-13-6-4-7-15(9-13)23-11-14-5-2-3-8-19-14/h2-10H,11H2,1H3,(H,20,21,22). The van der Waals surface area contributed by atoms with E-state index in [9.17, 15) is 0 Å². The number of nitrogens with zero attached hydrogens (tertiary/aromatic N) is 3. The van der Waals surface area contributed by atoms with E-state index in [-0.39, 0.29) is 0 Å². The lowest BCUT2D eigenvalue weighted by Crippen LogP contribution is -1.99. The normalized spacial score (nSPS) is 10.3. The molecule has 0 bridgehead atoms. The van der Waals surface area contributed by atoms with Gasteiger partial charge < -0.3 is 10.1 Å². The molecule has 6 heteroatoms. The van der Waals surface area contributed by atoms with Gasteiger partial charge in [-0.05, 0) is 31.2 Å². The van der Waals surface area contributed by atoms with Crippen LogP contribution in [0, 0.1) is 6.92 Å². The average Bonchev–Trinajstić information content (AvgIpc) is 2.53. The minimum atomic E-state index is 0.405. The molecule has 0 saturated carbocycles. The van der Waals surface area contributed by atoms with Crippen molar-refractivity contribution in [1.82, 2.24) is 15.0 Å². The van der Waals surface area contributed by atoms with E-state index in [0.717, 1.165) is 17.1 Å². The first-order valence-corrected chi connectivity index (χ1v) is 7.48. The second-order valence-corrected chi connectivity index (χ2v) is 5.27. The summed E-state index contributed by atoms with van der Waals surface area (Å²) in [5, 5.41) is 3.60. The van der Waals surface area contributed by atoms with Crippen molar-refractivity contribution in [3.8, 4) is 5.75 Å². The number of rotatable bonds is 5. The predicted molar refractivity (Wildman–Crippen MR) is 90.1 cm³/mol. The molecule has 0 aliphatic rings. The predicted octanol–water partition coefficient (Wildman–Crippen LogP) is 4.16. The second kappa shape index (κ2) is 7.07. The van der Waals surface area contributed by atoms with E-state index in [1.165, 1.54) is 0 Å². The molecule has 0 aliphatic heterocycles. The first-order valence-electron chi connectivity index (χ1n) is 7.10. The zero-order chi connectivity index (χ0) is 16.1. The van der Waals surface area contributed by atoms with Crippen molar-refractivity contribution in [3.05, 3.63) is 71.4 Å². The van der Waals surface area contributed by atoms with Crippen molar-refractivity contribution in [2.24, 2.45) is 0 Å². The van der Waals surface area contributed by atoms with Crippen LogP contribution in [0.1, 0.15) is 11.5 Å². The van der Waals surface area contributed by atoms with Crippen LogP contribution in [0.15, 0.2) is 54.7 Å². The molecule has 3 aromatic rings. The largest absolute Gasteiger partial charge is 0.487 e. The van der Waals surface area contributed by atoms with Crippen LogP contribution in [0.4, 0.5) is 11.5 Å². The highest BCUT2D eigenvalue weighted by atomic mass is 35.5. The van der Waals surface area contributed by atoms with Gasteiger partial charge in [-0.3, -0.25) is 4.98 Å². The highest BCUT2D eigenvalue weighted by Crippen LogP contribution is 2.22. The summed E-state index contributed by atoms with van der Waals surface area (Å²) in [5.41, 5.74) is 1.74. The van der Waals surface area contributed by atoms with Crippen LogP contribution in [-0.4, -0.2) is 15.0 Å². The lowest BCUT2D eigenvalue weighted by atomic mass is 10.3. The third kappa shape index (κ3) is 4.40. The van der Waals surface area contributed by atoms with Gasteiger partial charge in [0, 0.05) is 24.0 Å². The van der Waals surface area contributed by atoms with E-state index in [1.54, 1.807) is 19.2 Å².